The predicted octanol–water partition coefficient (Wildman–Crippen LogP) is 3.52. The Morgan fingerprint density at radius 2 is 1.91 bits per heavy atom. The summed E-state index contributed by atoms with van der Waals surface area (Å²) < 4.78 is 0. The zero-order valence-corrected chi connectivity index (χ0v) is 13.8. The Labute approximate surface area is 136 Å². The molecule has 1 aliphatic carbocycles. The Kier molecular flexibility index (Phi) is 4.03. The van der Waals surface area contributed by atoms with E-state index >= 15 is 0 Å². The van der Waals surface area contributed by atoms with Crippen molar-refractivity contribution in [3.05, 3.63) is 74.2 Å². The number of nitrogens with one attached hydrogen (secondary N) is 1. The normalized spacial score (nSPS) is 13.3. The molecule has 1 N–H and O–H groups in total. The summed E-state index contributed by atoms with van der Waals surface area (Å²) >= 11 is 0. The Morgan fingerprint density at radius 1 is 1.17 bits per heavy atom. The van der Waals surface area contributed by atoms with Gasteiger partial charge >= 0.3 is 0 Å². The van der Waals surface area contributed by atoms with Crippen LogP contribution in [0.5, 0.6) is 0 Å². The lowest BCUT2D eigenvalue weighted by Crippen LogP contribution is -2.17. The number of ketones is 1. The molecular formula is C20H21NO2. The van der Waals surface area contributed by atoms with Gasteiger partial charge in [-0.1, -0.05) is 29.8 Å². The third-order valence-electron chi connectivity index (χ3n) is 4.54. The molecule has 3 heteroatoms. The van der Waals surface area contributed by atoms with E-state index in [-0.39, 0.29) is 11.3 Å². The van der Waals surface area contributed by atoms with Gasteiger partial charge in [-0.05, 0) is 56.4 Å². The highest BCUT2D eigenvalue weighted by Gasteiger charge is 2.23. The van der Waals surface area contributed by atoms with Crippen molar-refractivity contribution in [1.29, 1.82) is 0 Å². The highest BCUT2D eigenvalue weighted by Crippen LogP contribution is 2.33. The van der Waals surface area contributed by atoms with Crippen LogP contribution in [0.3, 0.4) is 0 Å². The third kappa shape index (κ3) is 2.91. The van der Waals surface area contributed by atoms with E-state index in [1.54, 1.807) is 0 Å². The van der Waals surface area contributed by atoms with Crippen LogP contribution in [0.15, 0.2) is 40.7 Å². The monoisotopic (exact) mass is 307 g/mol. The number of pyridine rings is 1. The second-order valence-electron chi connectivity index (χ2n) is 6.36. The van der Waals surface area contributed by atoms with E-state index in [1.165, 1.54) is 5.56 Å². The number of benzene rings is 1. The number of aromatic nitrogens is 1. The van der Waals surface area contributed by atoms with E-state index in [2.05, 4.69) is 11.1 Å². The molecule has 0 saturated carbocycles. The maximum atomic E-state index is 12.7. The summed E-state index contributed by atoms with van der Waals surface area (Å²) in [4.78, 5) is 27.6. The smallest absolute Gasteiger partial charge is 0.251 e. The minimum atomic E-state index is -0.0761. The van der Waals surface area contributed by atoms with Gasteiger partial charge in [-0.3, -0.25) is 9.59 Å². The molecule has 3 nitrogen and oxygen atoms in total. The van der Waals surface area contributed by atoms with Crippen LogP contribution >= 0.6 is 0 Å². The van der Waals surface area contributed by atoms with Gasteiger partial charge in [-0.2, -0.15) is 0 Å². The Hall–Kier alpha value is -2.42. The molecule has 0 fully saturated rings. The SMILES string of the molecule is CC1=C(C(=O)CCc2c(C)cc(C)[nH]c2=O)c2ccccc2C1. The number of carbonyl (C=O) groups is 1. The molecule has 0 atom stereocenters. The quantitative estimate of drug-likeness (QED) is 0.939. The van der Waals surface area contributed by atoms with Crippen LogP contribution in [-0.2, 0) is 17.6 Å². The maximum absolute atomic E-state index is 12.7. The largest absolute Gasteiger partial charge is 0.326 e. The van der Waals surface area contributed by atoms with Crippen LogP contribution in [0.1, 0.15) is 41.3 Å². The fraction of sp³-hybridized carbons (Fsp3) is 0.300. The van der Waals surface area contributed by atoms with E-state index in [0.29, 0.717) is 18.4 Å². The number of aryl methyl sites for hydroxylation is 2. The van der Waals surface area contributed by atoms with Crippen molar-refractivity contribution in [2.45, 2.75) is 40.0 Å². The van der Waals surface area contributed by atoms with Crippen molar-refractivity contribution < 1.29 is 4.79 Å². The molecule has 1 aromatic heterocycles. The minimum Gasteiger partial charge on any atom is -0.326 e. The predicted molar refractivity (Wildman–Crippen MR) is 92.6 cm³/mol. The zero-order chi connectivity index (χ0) is 16.6. The van der Waals surface area contributed by atoms with Crippen LogP contribution in [0.2, 0.25) is 0 Å². The molecule has 0 bridgehead atoms. The van der Waals surface area contributed by atoms with E-state index < -0.39 is 0 Å². The Balaban J connectivity index is 1.82. The van der Waals surface area contributed by atoms with Crippen molar-refractivity contribution in [2.24, 2.45) is 0 Å². The second-order valence-corrected chi connectivity index (χ2v) is 6.36. The topological polar surface area (TPSA) is 49.9 Å². The fourth-order valence-electron chi connectivity index (χ4n) is 3.47. The van der Waals surface area contributed by atoms with Crippen molar-refractivity contribution >= 4 is 11.4 Å². The lowest BCUT2D eigenvalue weighted by Gasteiger charge is -2.08. The summed E-state index contributed by atoms with van der Waals surface area (Å²) in [7, 11) is 0. The first-order valence-corrected chi connectivity index (χ1v) is 7.98. The molecule has 2 aromatic rings. The molecule has 1 aliphatic rings. The highest BCUT2D eigenvalue weighted by molar-refractivity contribution is 6.23. The summed E-state index contributed by atoms with van der Waals surface area (Å²) in [6.07, 6.45) is 1.70. The van der Waals surface area contributed by atoms with Gasteiger partial charge in [0, 0.05) is 23.3 Å². The first-order valence-electron chi connectivity index (χ1n) is 7.98. The van der Waals surface area contributed by atoms with Gasteiger partial charge in [-0.15, -0.1) is 0 Å². The molecule has 118 valence electrons. The van der Waals surface area contributed by atoms with Crippen LogP contribution in [0.25, 0.3) is 5.57 Å². The van der Waals surface area contributed by atoms with Crippen molar-refractivity contribution in [1.82, 2.24) is 4.98 Å². The van der Waals surface area contributed by atoms with E-state index in [0.717, 1.165) is 34.4 Å². The zero-order valence-electron chi connectivity index (χ0n) is 13.8. The van der Waals surface area contributed by atoms with Gasteiger partial charge in [0.25, 0.3) is 5.56 Å². The summed E-state index contributed by atoms with van der Waals surface area (Å²) in [5, 5.41) is 0. The molecule has 0 spiro atoms. The third-order valence-corrected chi connectivity index (χ3v) is 4.54. The molecule has 0 radical (unpaired) electrons. The number of H-pyrrole nitrogens is 1. The molecule has 23 heavy (non-hydrogen) atoms. The molecule has 1 heterocycles. The molecule has 0 saturated heterocycles. The molecule has 1 aromatic carbocycles. The summed E-state index contributed by atoms with van der Waals surface area (Å²) in [5.74, 6) is 0.131. The summed E-state index contributed by atoms with van der Waals surface area (Å²) in [5.41, 5.74) is 6.71. The lowest BCUT2D eigenvalue weighted by atomic mass is 9.96. The molecular weight excluding hydrogens is 286 g/mol. The number of fused-ring (bicyclic) bond motifs is 1. The van der Waals surface area contributed by atoms with Gasteiger partial charge in [0.2, 0.25) is 0 Å². The standard InChI is InChI=1S/C20H21NO2/c1-12-10-14(3)21-20(23)16(12)8-9-18(22)19-13(2)11-15-6-4-5-7-17(15)19/h4-7,10H,8-9,11H2,1-3H3,(H,21,23). The summed E-state index contributed by atoms with van der Waals surface area (Å²) in [6, 6.07) is 10.0. The number of Topliss-reactive ketones (excluding diaryl/α,β-unsaturated/α-hetero) is 1. The number of hydrogen-bond donors (Lipinski definition) is 1. The molecule has 3 rings (SSSR count). The Bertz CT molecular complexity index is 871. The van der Waals surface area contributed by atoms with Crippen LogP contribution in [0.4, 0.5) is 0 Å². The molecule has 0 unspecified atom stereocenters. The first kappa shape index (κ1) is 15.5. The van der Waals surface area contributed by atoms with E-state index in [1.807, 2.05) is 45.0 Å². The average Bonchev–Trinajstić information content (AvgIpc) is 2.81. The average molecular weight is 307 g/mol. The van der Waals surface area contributed by atoms with Gasteiger partial charge in [-0.25, -0.2) is 0 Å². The first-order chi connectivity index (χ1) is 11.0. The van der Waals surface area contributed by atoms with E-state index in [9.17, 15) is 9.59 Å². The maximum Gasteiger partial charge on any atom is 0.251 e. The summed E-state index contributed by atoms with van der Waals surface area (Å²) in [6.45, 7) is 5.82. The molecule has 0 aliphatic heterocycles. The number of rotatable bonds is 4. The lowest BCUT2D eigenvalue weighted by molar-refractivity contribution is -0.113. The van der Waals surface area contributed by atoms with Crippen LogP contribution in [-0.4, -0.2) is 10.8 Å². The van der Waals surface area contributed by atoms with Gasteiger partial charge in [0.1, 0.15) is 0 Å². The fourth-order valence-corrected chi connectivity index (χ4v) is 3.47. The molecule has 0 amide bonds. The van der Waals surface area contributed by atoms with E-state index in [4.69, 9.17) is 0 Å². The van der Waals surface area contributed by atoms with Gasteiger partial charge < -0.3 is 4.98 Å². The highest BCUT2D eigenvalue weighted by atomic mass is 16.1. The number of hydrogen-bond acceptors (Lipinski definition) is 2. The van der Waals surface area contributed by atoms with Crippen molar-refractivity contribution in [3.63, 3.8) is 0 Å². The van der Waals surface area contributed by atoms with Crippen molar-refractivity contribution in [3.8, 4) is 0 Å². The number of aromatic amines is 1. The number of carbonyl (C=O) groups excluding carboxylic acids is 1. The van der Waals surface area contributed by atoms with Crippen molar-refractivity contribution in [2.75, 3.05) is 0 Å². The minimum absolute atomic E-state index is 0.0761. The van der Waals surface area contributed by atoms with Crippen LogP contribution in [0, 0.1) is 13.8 Å². The van der Waals surface area contributed by atoms with Crippen LogP contribution < -0.4 is 5.56 Å². The van der Waals surface area contributed by atoms with Gasteiger partial charge in [0.05, 0.1) is 0 Å². The second kappa shape index (κ2) is 5.99. The van der Waals surface area contributed by atoms with Gasteiger partial charge in [0.15, 0.2) is 5.78 Å². The Morgan fingerprint density at radius 3 is 2.65 bits per heavy atom. The number of allylic oxidation sites excluding steroid dienone is 2.